The van der Waals surface area contributed by atoms with Crippen LogP contribution in [0.5, 0.6) is 0 Å². The maximum absolute atomic E-state index is 11.3. The molecule has 1 heterocycles. The van der Waals surface area contributed by atoms with E-state index < -0.39 is 0 Å². The normalized spacial score (nSPS) is 10.4. The van der Waals surface area contributed by atoms with Gasteiger partial charge in [-0.05, 0) is 13.0 Å². The van der Waals surface area contributed by atoms with Crippen LogP contribution in [-0.2, 0) is 0 Å². The highest BCUT2D eigenvalue weighted by Gasteiger charge is 2.10. The summed E-state index contributed by atoms with van der Waals surface area (Å²) in [5.74, 6) is 0.0528. The minimum absolute atomic E-state index is 0.0528. The number of aromatic nitrogens is 1. The molecule has 0 aliphatic rings. The molecule has 0 amide bonds. The summed E-state index contributed by atoms with van der Waals surface area (Å²) in [4.78, 5) is 16.4. The number of hydrogen-bond donors (Lipinski definition) is 0. The lowest BCUT2D eigenvalue weighted by Crippen LogP contribution is -2.02. The van der Waals surface area contributed by atoms with Crippen molar-refractivity contribution in [2.45, 2.75) is 6.92 Å². The molecule has 0 saturated carbocycles. The summed E-state index contributed by atoms with van der Waals surface area (Å²) in [6, 6.07) is 7.67. The van der Waals surface area contributed by atoms with E-state index in [1.165, 1.54) is 0 Å². The number of carbonyl (C=O) groups is 1. The Hall–Kier alpha value is -1.77. The molecule has 3 nitrogen and oxygen atoms in total. The zero-order chi connectivity index (χ0) is 10.1. The first kappa shape index (κ1) is 8.81. The van der Waals surface area contributed by atoms with Gasteiger partial charge in [-0.3, -0.25) is 4.79 Å². The summed E-state index contributed by atoms with van der Waals surface area (Å²) in [5, 5.41) is 0.932. The van der Waals surface area contributed by atoms with Gasteiger partial charge in [0.15, 0.2) is 5.78 Å². The molecule has 1 aromatic heterocycles. The fourth-order valence-electron chi connectivity index (χ4n) is 1.58. The molecule has 0 spiro atoms. The Balaban J connectivity index is 2.80. The predicted octanol–water partition coefficient (Wildman–Crippen LogP) is 1.90. The zero-order valence-corrected chi connectivity index (χ0v) is 8.15. The van der Waals surface area contributed by atoms with Crippen molar-refractivity contribution in [3.8, 4) is 0 Å². The van der Waals surface area contributed by atoms with E-state index in [4.69, 9.17) is 4.84 Å². The number of hydrogen-bond acceptors (Lipinski definition) is 2. The SMILES string of the molecule is COn1cc(C(C)=O)c2ccccc21. The Kier molecular flexibility index (Phi) is 2.00. The standard InChI is InChI=1S/C11H11NO2/c1-8(13)10-7-12(14-2)11-6-4-3-5-9(10)11/h3-7H,1-2H3. The number of nitrogens with zero attached hydrogens (tertiary/aromatic N) is 1. The van der Waals surface area contributed by atoms with Crippen LogP contribution in [0, 0.1) is 0 Å². The lowest BCUT2D eigenvalue weighted by molar-refractivity contribution is 0.101. The van der Waals surface area contributed by atoms with Crippen molar-refractivity contribution in [1.82, 2.24) is 4.73 Å². The molecule has 0 radical (unpaired) electrons. The Labute approximate surface area is 81.9 Å². The maximum Gasteiger partial charge on any atom is 0.162 e. The van der Waals surface area contributed by atoms with Crippen molar-refractivity contribution >= 4 is 16.7 Å². The maximum atomic E-state index is 11.3. The van der Waals surface area contributed by atoms with Gasteiger partial charge in [-0.2, -0.15) is 4.73 Å². The second-order valence-electron chi connectivity index (χ2n) is 3.12. The van der Waals surface area contributed by atoms with Crippen LogP contribution in [-0.4, -0.2) is 17.6 Å². The van der Waals surface area contributed by atoms with Crippen molar-refractivity contribution in [3.63, 3.8) is 0 Å². The van der Waals surface area contributed by atoms with Crippen LogP contribution < -0.4 is 4.84 Å². The van der Waals surface area contributed by atoms with Crippen LogP contribution in [0.4, 0.5) is 0 Å². The van der Waals surface area contributed by atoms with Crippen LogP contribution in [0.15, 0.2) is 30.5 Å². The fraction of sp³-hybridized carbons (Fsp3) is 0.182. The molecule has 0 fully saturated rings. The van der Waals surface area contributed by atoms with Gasteiger partial charge in [0.1, 0.15) is 7.11 Å². The average Bonchev–Trinajstić information content (AvgIpc) is 2.56. The molecule has 2 rings (SSSR count). The molecular formula is C11H11NO2. The van der Waals surface area contributed by atoms with E-state index in [-0.39, 0.29) is 5.78 Å². The molecule has 3 heteroatoms. The Morgan fingerprint density at radius 3 is 2.71 bits per heavy atom. The Morgan fingerprint density at radius 1 is 1.36 bits per heavy atom. The first-order valence-electron chi connectivity index (χ1n) is 4.39. The number of rotatable bonds is 2. The minimum atomic E-state index is 0.0528. The lowest BCUT2D eigenvalue weighted by Gasteiger charge is -1.99. The molecule has 0 aliphatic carbocycles. The van der Waals surface area contributed by atoms with Crippen molar-refractivity contribution in [1.29, 1.82) is 0 Å². The smallest absolute Gasteiger partial charge is 0.162 e. The second-order valence-corrected chi connectivity index (χ2v) is 3.12. The minimum Gasteiger partial charge on any atom is -0.417 e. The molecule has 0 aliphatic heterocycles. The molecule has 72 valence electrons. The zero-order valence-electron chi connectivity index (χ0n) is 8.15. The molecule has 0 bridgehead atoms. The van der Waals surface area contributed by atoms with E-state index in [1.54, 1.807) is 25.0 Å². The number of carbonyl (C=O) groups excluding carboxylic acids is 1. The van der Waals surface area contributed by atoms with Gasteiger partial charge < -0.3 is 4.84 Å². The van der Waals surface area contributed by atoms with Crippen LogP contribution in [0.1, 0.15) is 17.3 Å². The monoisotopic (exact) mass is 189 g/mol. The van der Waals surface area contributed by atoms with Crippen LogP contribution in [0.2, 0.25) is 0 Å². The van der Waals surface area contributed by atoms with E-state index in [0.717, 1.165) is 10.9 Å². The van der Waals surface area contributed by atoms with Crippen molar-refractivity contribution < 1.29 is 9.63 Å². The third kappa shape index (κ3) is 1.18. The van der Waals surface area contributed by atoms with Crippen molar-refractivity contribution in [3.05, 3.63) is 36.0 Å². The highest BCUT2D eigenvalue weighted by atomic mass is 16.6. The molecule has 1 aromatic carbocycles. The van der Waals surface area contributed by atoms with E-state index in [0.29, 0.717) is 5.56 Å². The molecule has 0 unspecified atom stereocenters. The summed E-state index contributed by atoms with van der Waals surface area (Å²) >= 11 is 0. The molecule has 0 N–H and O–H groups in total. The van der Waals surface area contributed by atoms with Gasteiger partial charge in [-0.15, -0.1) is 0 Å². The Bertz CT molecular complexity index is 485. The van der Waals surface area contributed by atoms with Gasteiger partial charge in [-0.25, -0.2) is 0 Å². The summed E-state index contributed by atoms with van der Waals surface area (Å²) in [7, 11) is 1.58. The third-order valence-electron chi connectivity index (χ3n) is 2.25. The van der Waals surface area contributed by atoms with Crippen molar-refractivity contribution in [2.75, 3.05) is 7.11 Å². The van der Waals surface area contributed by atoms with Gasteiger partial charge in [0.05, 0.1) is 11.7 Å². The van der Waals surface area contributed by atoms with Gasteiger partial charge in [-0.1, -0.05) is 18.2 Å². The average molecular weight is 189 g/mol. The van der Waals surface area contributed by atoms with Crippen LogP contribution >= 0.6 is 0 Å². The second kappa shape index (κ2) is 3.18. The number of benzene rings is 1. The molecule has 0 saturated heterocycles. The van der Waals surface area contributed by atoms with Gasteiger partial charge in [0.2, 0.25) is 0 Å². The van der Waals surface area contributed by atoms with E-state index in [2.05, 4.69) is 0 Å². The number of Topliss-reactive ketones (excluding diaryl/α,β-unsaturated/α-hetero) is 1. The van der Waals surface area contributed by atoms with E-state index in [1.807, 2.05) is 24.3 Å². The summed E-state index contributed by atoms with van der Waals surface area (Å²) < 4.78 is 1.60. The number of para-hydroxylation sites is 1. The van der Waals surface area contributed by atoms with Crippen molar-refractivity contribution in [2.24, 2.45) is 0 Å². The lowest BCUT2D eigenvalue weighted by atomic mass is 10.1. The highest BCUT2D eigenvalue weighted by Crippen LogP contribution is 2.20. The van der Waals surface area contributed by atoms with Gasteiger partial charge in [0.25, 0.3) is 0 Å². The van der Waals surface area contributed by atoms with Gasteiger partial charge >= 0.3 is 0 Å². The fourth-order valence-corrected chi connectivity index (χ4v) is 1.58. The topological polar surface area (TPSA) is 31.2 Å². The quantitative estimate of drug-likeness (QED) is 0.675. The molecule has 14 heavy (non-hydrogen) atoms. The largest absolute Gasteiger partial charge is 0.417 e. The highest BCUT2D eigenvalue weighted by molar-refractivity contribution is 6.06. The summed E-state index contributed by atoms with van der Waals surface area (Å²) in [6.07, 6.45) is 1.72. The van der Waals surface area contributed by atoms with Gasteiger partial charge in [0, 0.05) is 10.9 Å². The van der Waals surface area contributed by atoms with E-state index >= 15 is 0 Å². The molecule has 2 aromatic rings. The third-order valence-corrected chi connectivity index (χ3v) is 2.25. The summed E-state index contributed by atoms with van der Waals surface area (Å²) in [5.41, 5.74) is 1.61. The molecule has 0 atom stereocenters. The summed E-state index contributed by atoms with van der Waals surface area (Å²) in [6.45, 7) is 1.56. The predicted molar refractivity (Wildman–Crippen MR) is 54.4 cm³/mol. The first-order valence-corrected chi connectivity index (χ1v) is 4.39. The number of fused-ring (bicyclic) bond motifs is 1. The number of ketones is 1. The molecular weight excluding hydrogens is 178 g/mol. The Morgan fingerprint density at radius 2 is 2.07 bits per heavy atom. The van der Waals surface area contributed by atoms with Crippen LogP contribution in [0.3, 0.4) is 0 Å². The first-order chi connectivity index (χ1) is 6.74. The van der Waals surface area contributed by atoms with E-state index in [9.17, 15) is 4.79 Å². The van der Waals surface area contributed by atoms with Crippen LogP contribution in [0.25, 0.3) is 10.9 Å².